The van der Waals surface area contributed by atoms with Crippen LogP contribution in [0.4, 0.5) is 5.82 Å². The Balaban J connectivity index is 1.16. The van der Waals surface area contributed by atoms with Gasteiger partial charge in [-0.2, -0.15) is 0 Å². The maximum atomic E-state index is 13.4. The Morgan fingerprint density at radius 2 is 1.36 bits per heavy atom. The summed E-state index contributed by atoms with van der Waals surface area (Å²) < 4.78 is 32.2. The lowest BCUT2D eigenvalue weighted by atomic mass is 9.80. The number of nitrogens with zero attached hydrogens (tertiary/aromatic N) is 5. The highest BCUT2D eigenvalue weighted by Crippen LogP contribution is 2.43. The van der Waals surface area contributed by atoms with E-state index in [4.69, 9.17) is 23.7 Å². The highest BCUT2D eigenvalue weighted by molar-refractivity contribution is 6.35. The zero-order valence-electron chi connectivity index (χ0n) is 31.4. The molecule has 294 valence electrons. The summed E-state index contributed by atoms with van der Waals surface area (Å²) in [7, 11) is 3.18. The summed E-state index contributed by atoms with van der Waals surface area (Å²) >= 11 is 0. The lowest BCUT2D eigenvalue weighted by molar-refractivity contribution is -0.157. The molecule has 1 saturated heterocycles. The zero-order valence-corrected chi connectivity index (χ0v) is 31.4. The summed E-state index contributed by atoms with van der Waals surface area (Å²) in [6.45, 7) is -0.109. The standard InChI is InChI=1S/C43H37N5O10/c1-54-29-16-12-27(13-17-29)43(26-8-4-3-5-9-26,28-14-18-30(55-2)19-15-28)56-23-34-33(58-37(51)21-20-36(49)50)22-35(57-34)47-25-46-38-39(47)44-24-45-40(38)48-41(52)31-10-6-7-11-32(31)42(48)53/h3-19,24-25,33-35H,20-23H2,1-2H3,(H,49,50)/t33-,34+,35+/m0/s1. The number of carbonyl (C=O) groups is 4. The molecule has 1 N–H and O–H groups in total. The van der Waals surface area contributed by atoms with Crippen molar-refractivity contribution in [3.63, 3.8) is 0 Å². The molecule has 8 rings (SSSR count). The van der Waals surface area contributed by atoms with Gasteiger partial charge in [0, 0.05) is 6.42 Å². The Hall–Kier alpha value is -6.97. The second-order valence-corrected chi connectivity index (χ2v) is 13.6. The number of esters is 1. The van der Waals surface area contributed by atoms with Crippen LogP contribution in [0.3, 0.4) is 0 Å². The smallest absolute Gasteiger partial charge is 0.306 e. The predicted octanol–water partition coefficient (Wildman–Crippen LogP) is 5.72. The Bertz CT molecular complexity index is 2410. The molecular weight excluding hydrogens is 746 g/mol. The van der Waals surface area contributed by atoms with Crippen molar-refractivity contribution in [2.75, 3.05) is 25.7 Å². The van der Waals surface area contributed by atoms with Crippen molar-refractivity contribution in [1.29, 1.82) is 0 Å². The number of hydrogen-bond donors (Lipinski definition) is 1. The number of hydrogen-bond acceptors (Lipinski definition) is 12. The number of rotatable bonds is 14. The first kappa shape index (κ1) is 37.9. The van der Waals surface area contributed by atoms with Crippen LogP contribution in [-0.4, -0.2) is 81.4 Å². The fourth-order valence-electron chi connectivity index (χ4n) is 7.46. The van der Waals surface area contributed by atoms with E-state index in [-0.39, 0.29) is 47.6 Å². The summed E-state index contributed by atoms with van der Waals surface area (Å²) in [6, 6.07) is 31.2. The van der Waals surface area contributed by atoms with Crippen LogP contribution in [0.1, 0.15) is 62.9 Å². The van der Waals surface area contributed by atoms with Crippen molar-refractivity contribution in [2.45, 2.75) is 43.3 Å². The van der Waals surface area contributed by atoms with Gasteiger partial charge in [0.05, 0.1) is 51.1 Å². The van der Waals surface area contributed by atoms with Gasteiger partial charge < -0.3 is 28.8 Å². The second-order valence-electron chi connectivity index (χ2n) is 13.6. The van der Waals surface area contributed by atoms with E-state index in [1.165, 1.54) is 12.7 Å². The largest absolute Gasteiger partial charge is 0.497 e. The molecule has 0 aliphatic carbocycles. The molecule has 2 amide bonds. The molecule has 2 aliphatic heterocycles. The van der Waals surface area contributed by atoms with E-state index >= 15 is 0 Å². The molecule has 1 fully saturated rings. The summed E-state index contributed by atoms with van der Waals surface area (Å²) in [4.78, 5) is 65.4. The van der Waals surface area contributed by atoms with Gasteiger partial charge in [-0.1, -0.05) is 66.7 Å². The molecule has 6 aromatic rings. The minimum absolute atomic E-state index is 0.0103. The number of aliphatic carboxylic acids is 1. The van der Waals surface area contributed by atoms with Crippen molar-refractivity contribution in [1.82, 2.24) is 19.5 Å². The van der Waals surface area contributed by atoms with Crippen LogP contribution >= 0.6 is 0 Å². The number of carbonyl (C=O) groups excluding carboxylic acids is 3. The van der Waals surface area contributed by atoms with E-state index in [2.05, 4.69) is 15.0 Å². The van der Waals surface area contributed by atoms with Gasteiger partial charge in [-0.15, -0.1) is 0 Å². The number of aromatic nitrogens is 4. The summed E-state index contributed by atoms with van der Waals surface area (Å²) in [5, 5.41) is 9.26. The van der Waals surface area contributed by atoms with Crippen molar-refractivity contribution in [3.8, 4) is 11.5 Å². The molecule has 4 aromatic carbocycles. The van der Waals surface area contributed by atoms with Gasteiger partial charge in [-0.25, -0.2) is 19.9 Å². The van der Waals surface area contributed by atoms with Gasteiger partial charge in [0.2, 0.25) is 0 Å². The quantitative estimate of drug-likeness (QED) is 0.0806. The Morgan fingerprint density at radius 3 is 1.95 bits per heavy atom. The highest BCUT2D eigenvalue weighted by atomic mass is 16.6. The van der Waals surface area contributed by atoms with Gasteiger partial charge in [0.15, 0.2) is 17.0 Å². The molecule has 4 heterocycles. The Kier molecular flexibility index (Phi) is 10.4. The molecule has 3 atom stereocenters. The molecule has 15 nitrogen and oxygen atoms in total. The van der Waals surface area contributed by atoms with Gasteiger partial charge >= 0.3 is 11.9 Å². The summed E-state index contributed by atoms with van der Waals surface area (Å²) in [6.07, 6.45) is -0.567. The van der Waals surface area contributed by atoms with Crippen molar-refractivity contribution in [3.05, 3.63) is 144 Å². The molecule has 15 heteroatoms. The van der Waals surface area contributed by atoms with E-state index in [9.17, 15) is 24.3 Å². The molecule has 2 aromatic heterocycles. The second kappa shape index (κ2) is 15.9. The SMILES string of the molecule is COc1ccc(C(OC[C@H]2O[C@@H](n3cnc4c(N5C(=O)c6ccccc6C5=O)ncnc43)C[C@@H]2OC(=O)CCC(=O)O)(c2ccccc2)c2ccc(OC)cc2)cc1. The molecule has 0 spiro atoms. The number of amides is 2. The average molecular weight is 784 g/mol. The number of ether oxygens (including phenoxy) is 5. The average Bonchev–Trinajstić information content (AvgIpc) is 3.94. The fraction of sp³-hybridized carbons (Fsp3) is 0.233. The molecule has 2 aliphatic rings. The molecule has 0 unspecified atom stereocenters. The number of carboxylic acids is 1. The molecular formula is C43H37N5O10. The van der Waals surface area contributed by atoms with Crippen LogP contribution < -0.4 is 14.4 Å². The monoisotopic (exact) mass is 783 g/mol. The number of imidazole rings is 1. The minimum Gasteiger partial charge on any atom is -0.497 e. The first-order valence-electron chi connectivity index (χ1n) is 18.4. The Morgan fingerprint density at radius 1 is 0.776 bits per heavy atom. The van der Waals surface area contributed by atoms with Crippen LogP contribution in [0.25, 0.3) is 11.2 Å². The molecule has 0 saturated carbocycles. The third-order valence-electron chi connectivity index (χ3n) is 10.3. The van der Waals surface area contributed by atoms with Crippen LogP contribution in [0.5, 0.6) is 11.5 Å². The lowest BCUT2D eigenvalue weighted by Crippen LogP contribution is -2.39. The lowest BCUT2D eigenvalue weighted by Gasteiger charge is -2.37. The summed E-state index contributed by atoms with van der Waals surface area (Å²) in [5.41, 5.74) is 2.06. The van der Waals surface area contributed by atoms with Crippen LogP contribution in [0.15, 0.2) is 116 Å². The van der Waals surface area contributed by atoms with E-state index in [0.717, 1.165) is 21.6 Å². The predicted molar refractivity (Wildman–Crippen MR) is 206 cm³/mol. The van der Waals surface area contributed by atoms with Crippen LogP contribution in [-0.2, 0) is 29.4 Å². The van der Waals surface area contributed by atoms with Crippen molar-refractivity contribution in [2.24, 2.45) is 0 Å². The zero-order chi connectivity index (χ0) is 40.4. The van der Waals surface area contributed by atoms with Crippen LogP contribution in [0.2, 0.25) is 0 Å². The third kappa shape index (κ3) is 6.90. The molecule has 0 radical (unpaired) electrons. The number of benzene rings is 4. The van der Waals surface area contributed by atoms with Gasteiger partial charge in [-0.05, 0) is 53.1 Å². The summed E-state index contributed by atoms with van der Waals surface area (Å²) in [5.74, 6) is -1.61. The van der Waals surface area contributed by atoms with Gasteiger partial charge in [0.1, 0.15) is 41.9 Å². The van der Waals surface area contributed by atoms with Crippen LogP contribution in [0, 0.1) is 0 Å². The Labute approximate surface area is 331 Å². The van der Waals surface area contributed by atoms with E-state index in [1.807, 2.05) is 78.9 Å². The maximum absolute atomic E-state index is 13.4. The van der Waals surface area contributed by atoms with Gasteiger partial charge in [0.25, 0.3) is 11.8 Å². The van der Waals surface area contributed by atoms with Crippen molar-refractivity contribution < 1.29 is 48.0 Å². The number of fused-ring (bicyclic) bond motifs is 2. The topological polar surface area (TPSA) is 182 Å². The molecule has 0 bridgehead atoms. The number of methoxy groups -OCH3 is 2. The molecule has 58 heavy (non-hydrogen) atoms. The third-order valence-corrected chi connectivity index (χ3v) is 10.3. The minimum atomic E-state index is -1.23. The first-order chi connectivity index (χ1) is 28.2. The van der Waals surface area contributed by atoms with E-state index < -0.39 is 54.2 Å². The van der Waals surface area contributed by atoms with E-state index in [1.54, 1.807) is 43.1 Å². The van der Waals surface area contributed by atoms with E-state index in [0.29, 0.717) is 11.5 Å². The number of imide groups is 1. The number of anilines is 1. The van der Waals surface area contributed by atoms with Crippen molar-refractivity contribution >= 4 is 40.7 Å². The fourth-order valence-corrected chi connectivity index (χ4v) is 7.46. The normalized spacial score (nSPS) is 17.7. The maximum Gasteiger partial charge on any atom is 0.306 e. The first-order valence-corrected chi connectivity index (χ1v) is 18.4. The van der Waals surface area contributed by atoms with Gasteiger partial charge in [-0.3, -0.25) is 23.7 Å². The number of carboxylic acid groups (broad SMARTS) is 1. The highest BCUT2D eigenvalue weighted by Gasteiger charge is 2.45.